The van der Waals surface area contributed by atoms with Crippen LogP contribution in [0.1, 0.15) is 44.7 Å². The van der Waals surface area contributed by atoms with E-state index in [1.165, 1.54) is 32.1 Å². The Balaban J connectivity index is 1.80. The molecule has 2 rings (SSSR count). The van der Waals surface area contributed by atoms with Crippen LogP contribution in [0.4, 0.5) is 0 Å². The summed E-state index contributed by atoms with van der Waals surface area (Å²) in [5.74, 6) is 0.549. The van der Waals surface area contributed by atoms with Gasteiger partial charge in [0.2, 0.25) is 0 Å². The molecule has 1 aliphatic rings. The van der Waals surface area contributed by atoms with Gasteiger partial charge in [-0.1, -0.05) is 19.3 Å². The van der Waals surface area contributed by atoms with Crippen molar-refractivity contribution in [3.8, 4) is 0 Å². The molecular weight excluding hydrogens is 226 g/mol. The summed E-state index contributed by atoms with van der Waals surface area (Å²) in [6.45, 7) is 3.51. The van der Waals surface area contributed by atoms with Crippen molar-refractivity contribution in [3.05, 3.63) is 18.0 Å². The molecule has 5 nitrogen and oxygen atoms in total. The fraction of sp³-hybridized carbons (Fsp3) is 0.692. The van der Waals surface area contributed by atoms with Crippen LogP contribution >= 0.6 is 0 Å². The highest BCUT2D eigenvalue weighted by Crippen LogP contribution is 2.17. The summed E-state index contributed by atoms with van der Waals surface area (Å²) in [5.41, 5.74) is 6.86. The number of hydrogen-bond acceptors (Lipinski definition) is 2. The second kappa shape index (κ2) is 6.42. The summed E-state index contributed by atoms with van der Waals surface area (Å²) in [5, 5.41) is 7.68. The van der Waals surface area contributed by atoms with Crippen molar-refractivity contribution in [2.24, 2.45) is 10.7 Å². The number of nitrogens with one attached hydrogen (secondary N) is 1. The molecule has 1 fully saturated rings. The van der Waals surface area contributed by atoms with E-state index >= 15 is 0 Å². The molecule has 100 valence electrons. The van der Waals surface area contributed by atoms with E-state index in [9.17, 15) is 0 Å². The van der Waals surface area contributed by atoms with Crippen molar-refractivity contribution < 1.29 is 0 Å². The molecule has 1 saturated carbocycles. The van der Waals surface area contributed by atoms with Gasteiger partial charge in [0.05, 0.1) is 12.2 Å². The maximum absolute atomic E-state index is 5.90. The fourth-order valence-corrected chi connectivity index (χ4v) is 2.33. The van der Waals surface area contributed by atoms with Gasteiger partial charge < -0.3 is 11.1 Å². The van der Waals surface area contributed by atoms with Crippen LogP contribution in [0, 0.1) is 0 Å². The van der Waals surface area contributed by atoms with Crippen molar-refractivity contribution >= 4 is 5.96 Å². The zero-order chi connectivity index (χ0) is 12.8. The monoisotopic (exact) mass is 249 g/mol. The van der Waals surface area contributed by atoms with E-state index in [0.29, 0.717) is 18.5 Å². The Hall–Kier alpha value is -1.52. The number of nitrogens with zero attached hydrogens (tertiary/aromatic N) is 3. The predicted octanol–water partition coefficient (Wildman–Crippen LogP) is 1.64. The Morgan fingerprint density at radius 2 is 2.28 bits per heavy atom. The third-order valence-electron chi connectivity index (χ3n) is 3.39. The average Bonchev–Trinajstić information content (AvgIpc) is 2.85. The van der Waals surface area contributed by atoms with Gasteiger partial charge in [-0.05, 0) is 25.8 Å². The van der Waals surface area contributed by atoms with E-state index in [0.717, 1.165) is 12.2 Å². The summed E-state index contributed by atoms with van der Waals surface area (Å²) in [7, 11) is 0. The SMILES string of the molecule is CCn1ccc(CN=C(N)NC2CCCCC2)n1. The summed E-state index contributed by atoms with van der Waals surface area (Å²) < 4.78 is 1.90. The number of guanidine groups is 1. The Labute approximate surface area is 108 Å². The van der Waals surface area contributed by atoms with Crippen molar-refractivity contribution in [1.29, 1.82) is 0 Å². The molecule has 0 unspecified atom stereocenters. The third-order valence-corrected chi connectivity index (χ3v) is 3.39. The minimum Gasteiger partial charge on any atom is -0.370 e. The quantitative estimate of drug-likeness (QED) is 0.629. The highest BCUT2D eigenvalue weighted by Gasteiger charge is 2.13. The maximum Gasteiger partial charge on any atom is 0.189 e. The van der Waals surface area contributed by atoms with Crippen molar-refractivity contribution in [1.82, 2.24) is 15.1 Å². The molecule has 0 bridgehead atoms. The van der Waals surface area contributed by atoms with Crippen molar-refractivity contribution in [3.63, 3.8) is 0 Å². The van der Waals surface area contributed by atoms with Crippen LogP contribution in [0.15, 0.2) is 17.3 Å². The Kier molecular flexibility index (Phi) is 4.61. The first kappa shape index (κ1) is 12.9. The van der Waals surface area contributed by atoms with Gasteiger partial charge in [0.1, 0.15) is 0 Å². The number of hydrogen-bond donors (Lipinski definition) is 2. The van der Waals surface area contributed by atoms with Crippen molar-refractivity contribution in [2.75, 3.05) is 0 Å². The fourth-order valence-electron chi connectivity index (χ4n) is 2.33. The molecule has 0 amide bonds. The zero-order valence-corrected chi connectivity index (χ0v) is 11.1. The Bertz CT molecular complexity index is 390. The van der Waals surface area contributed by atoms with Gasteiger partial charge in [0, 0.05) is 18.8 Å². The first-order valence-electron chi connectivity index (χ1n) is 6.86. The lowest BCUT2D eigenvalue weighted by Gasteiger charge is -2.23. The molecule has 0 saturated heterocycles. The lowest BCUT2D eigenvalue weighted by atomic mass is 9.96. The molecule has 5 heteroatoms. The standard InChI is InChI=1S/C13H23N5/c1-2-18-9-8-12(17-18)10-15-13(14)16-11-6-4-3-5-7-11/h8-9,11H,2-7,10H2,1H3,(H3,14,15,16). The molecule has 0 aliphatic heterocycles. The zero-order valence-electron chi connectivity index (χ0n) is 11.1. The molecule has 1 aromatic rings. The highest BCUT2D eigenvalue weighted by atomic mass is 15.3. The van der Waals surface area contributed by atoms with Crippen molar-refractivity contribution in [2.45, 2.75) is 58.2 Å². The normalized spacial score (nSPS) is 17.9. The molecule has 18 heavy (non-hydrogen) atoms. The first-order valence-corrected chi connectivity index (χ1v) is 6.86. The number of nitrogens with two attached hydrogens (primary N) is 1. The first-order chi connectivity index (χ1) is 8.78. The molecule has 1 aromatic heterocycles. The smallest absolute Gasteiger partial charge is 0.189 e. The molecule has 1 heterocycles. The van der Waals surface area contributed by atoms with E-state index in [1.54, 1.807) is 0 Å². The minimum absolute atomic E-state index is 0.510. The predicted molar refractivity (Wildman–Crippen MR) is 73.2 cm³/mol. The molecular formula is C13H23N5. The lowest BCUT2D eigenvalue weighted by Crippen LogP contribution is -2.41. The van der Waals surface area contributed by atoms with E-state index in [1.807, 2.05) is 16.9 Å². The topological polar surface area (TPSA) is 68.2 Å². The van der Waals surface area contributed by atoms with Gasteiger partial charge in [0.15, 0.2) is 5.96 Å². The lowest BCUT2D eigenvalue weighted by molar-refractivity contribution is 0.412. The molecule has 0 radical (unpaired) electrons. The minimum atomic E-state index is 0.510. The van der Waals surface area contributed by atoms with Crippen LogP contribution in [-0.2, 0) is 13.1 Å². The van der Waals surface area contributed by atoms with E-state index in [-0.39, 0.29) is 0 Å². The van der Waals surface area contributed by atoms with E-state index < -0.39 is 0 Å². The number of rotatable bonds is 4. The Morgan fingerprint density at radius 3 is 2.94 bits per heavy atom. The summed E-state index contributed by atoms with van der Waals surface area (Å²) in [6, 6.07) is 2.50. The van der Waals surface area contributed by atoms with Crippen LogP contribution < -0.4 is 11.1 Å². The molecule has 0 spiro atoms. The van der Waals surface area contributed by atoms with Crippen LogP contribution in [0.3, 0.4) is 0 Å². The summed E-state index contributed by atoms with van der Waals surface area (Å²) >= 11 is 0. The number of aliphatic imine (C=N–C) groups is 1. The van der Waals surface area contributed by atoms with E-state index in [2.05, 4.69) is 22.3 Å². The summed E-state index contributed by atoms with van der Waals surface area (Å²) in [4.78, 5) is 4.34. The van der Waals surface area contributed by atoms with Crippen LogP contribution in [0.5, 0.6) is 0 Å². The van der Waals surface area contributed by atoms with Crippen LogP contribution in [-0.4, -0.2) is 21.8 Å². The second-order valence-electron chi connectivity index (χ2n) is 4.84. The molecule has 3 N–H and O–H groups in total. The van der Waals surface area contributed by atoms with E-state index in [4.69, 9.17) is 5.73 Å². The molecule has 0 aromatic carbocycles. The highest BCUT2D eigenvalue weighted by molar-refractivity contribution is 5.78. The largest absolute Gasteiger partial charge is 0.370 e. The number of aryl methyl sites for hydroxylation is 1. The van der Waals surface area contributed by atoms with Gasteiger partial charge in [-0.3, -0.25) is 4.68 Å². The number of aromatic nitrogens is 2. The third kappa shape index (κ3) is 3.75. The van der Waals surface area contributed by atoms with Crippen LogP contribution in [0.2, 0.25) is 0 Å². The van der Waals surface area contributed by atoms with Gasteiger partial charge in [0.25, 0.3) is 0 Å². The van der Waals surface area contributed by atoms with Gasteiger partial charge in [-0.15, -0.1) is 0 Å². The second-order valence-corrected chi connectivity index (χ2v) is 4.84. The Morgan fingerprint density at radius 1 is 1.50 bits per heavy atom. The van der Waals surface area contributed by atoms with Gasteiger partial charge in [-0.25, -0.2) is 4.99 Å². The molecule has 1 aliphatic carbocycles. The maximum atomic E-state index is 5.90. The van der Waals surface area contributed by atoms with Gasteiger partial charge >= 0.3 is 0 Å². The summed E-state index contributed by atoms with van der Waals surface area (Å²) in [6.07, 6.45) is 8.33. The van der Waals surface area contributed by atoms with Crippen LogP contribution in [0.25, 0.3) is 0 Å². The molecule has 0 atom stereocenters. The van der Waals surface area contributed by atoms with Gasteiger partial charge in [-0.2, -0.15) is 5.10 Å². The average molecular weight is 249 g/mol.